The van der Waals surface area contributed by atoms with Crippen molar-refractivity contribution in [3.8, 4) is 0 Å². The number of nitrogens with one attached hydrogen (secondary N) is 1. The Morgan fingerprint density at radius 1 is 1.20 bits per heavy atom. The summed E-state index contributed by atoms with van der Waals surface area (Å²) in [5, 5.41) is 15.7. The topological polar surface area (TPSA) is 32.3 Å². The molecule has 1 heterocycles. The van der Waals surface area contributed by atoms with Gasteiger partial charge in [0.15, 0.2) is 0 Å². The van der Waals surface area contributed by atoms with Crippen molar-refractivity contribution in [3.05, 3.63) is 53.4 Å². The molecular formula is C16H21NOS2. The molecule has 2 aromatic rings. The third-order valence-corrected chi connectivity index (χ3v) is 5.48. The van der Waals surface area contributed by atoms with Gasteiger partial charge in [-0.1, -0.05) is 36.4 Å². The van der Waals surface area contributed by atoms with Crippen LogP contribution in [0.5, 0.6) is 0 Å². The van der Waals surface area contributed by atoms with Gasteiger partial charge in [0.05, 0.1) is 16.4 Å². The van der Waals surface area contributed by atoms with E-state index in [9.17, 15) is 5.11 Å². The largest absolute Gasteiger partial charge is 0.394 e. The fourth-order valence-electron chi connectivity index (χ4n) is 2.24. The lowest BCUT2D eigenvalue weighted by atomic mass is 9.92. The van der Waals surface area contributed by atoms with Crippen LogP contribution in [0.15, 0.2) is 52.1 Å². The molecular weight excluding hydrogens is 286 g/mol. The van der Waals surface area contributed by atoms with Gasteiger partial charge in [0, 0.05) is 11.8 Å². The Morgan fingerprint density at radius 2 is 1.95 bits per heavy atom. The van der Waals surface area contributed by atoms with E-state index in [2.05, 4.69) is 48.8 Å². The van der Waals surface area contributed by atoms with E-state index >= 15 is 0 Å². The number of rotatable bonds is 7. The average molecular weight is 307 g/mol. The second kappa shape index (κ2) is 7.27. The van der Waals surface area contributed by atoms with Crippen LogP contribution in [0, 0.1) is 0 Å². The van der Waals surface area contributed by atoms with Crippen molar-refractivity contribution < 1.29 is 5.11 Å². The molecule has 0 aliphatic heterocycles. The summed E-state index contributed by atoms with van der Waals surface area (Å²) >= 11 is 3.53. The second-order valence-electron chi connectivity index (χ2n) is 5.13. The fourth-order valence-corrected chi connectivity index (χ4v) is 4.21. The zero-order valence-electron chi connectivity index (χ0n) is 11.9. The van der Waals surface area contributed by atoms with E-state index in [4.69, 9.17) is 0 Å². The minimum atomic E-state index is -0.399. The van der Waals surface area contributed by atoms with Crippen LogP contribution in [0.1, 0.15) is 19.4 Å². The van der Waals surface area contributed by atoms with Crippen molar-refractivity contribution in [1.82, 2.24) is 5.32 Å². The lowest BCUT2D eigenvalue weighted by Crippen LogP contribution is -2.50. The van der Waals surface area contributed by atoms with Crippen LogP contribution < -0.4 is 5.32 Å². The maximum atomic E-state index is 10.0. The van der Waals surface area contributed by atoms with Gasteiger partial charge in [-0.05, 0) is 30.9 Å². The standard InChI is InChI=1S/C16H21NOS2/c1-13(2)17-16(11-18,14-7-4-3-5-8-14)12-20-15-9-6-10-19-15/h3-10,13,17-18H,11-12H2,1-2H3. The first-order valence-electron chi connectivity index (χ1n) is 6.77. The molecule has 1 aromatic carbocycles. The predicted molar refractivity (Wildman–Crippen MR) is 88.5 cm³/mol. The maximum Gasteiger partial charge on any atom is 0.0766 e. The van der Waals surface area contributed by atoms with Gasteiger partial charge in [0.2, 0.25) is 0 Å². The molecule has 2 nitrogen and oxygen atoms in total. The van der Waals surface area contributed by atoms with E-state index in [-0.39, 0.29) is 6.61 Å². The minimum absolute atomic E-state index is 0.0908. The molecule has 4 heteroatoms. The van der Waals surface area contributed by atoms with Crippen LogP contribution in [0.3, 0.4) is 0 Å². The molecule has 2 rings (SSSR count). The van der Waals surface area contributed by atoms with Crippen LogP contribution in [0.25, 0.3) is 0 Å². The molecule has 1 unspecified atom stereocenters. The van der Waals surface area contributed by atoms with Crippen LogP contribution in [-0.2, 0) is 5.54 Å². The molecule has 20 heavy (non-hydrogen) atoms. The number of hydrogen-bond acceptors (Lipinski definition) is 4. The number of thiophene rings is 1. The smallest absolute Gasteiger partial charge is 0.0766 e. The molecule has 0 fully saturated rings. The fraction of sp³-hybridized carbons (Fsp3) is 0.375. The van der Waals surface area contributed by atoms with Gasteiger partial charge in [-0.2, -0.15) is 0 Å². The Balaban J connectivity index is 2.22. The third kappa shape index (κ3) is 3.85. The van der Waals surface area contributed by atoms with Crippen molar-refractivity contribution in [1.29, 1.82) is 0 Å². The molecule has 108 valence electrons. The van der Waals surface area contributed by atoms with Gasteiger partial charge in [-0.15, -0.1) is 23.1 Å². The number of aliphatic hydroxyl groups is 1. The first-order chi connectivity index (χ1) is 9.66. The van der Waals surface area contributed by atoms with Crippen molar-refractivity contribution in [2.75, 3.05) is 12.4 Å². The van der Waals surface area contributed by atoms with Crippen molar-refractivity contribution in [3.63, 3.8) is 0 Å². The Bertz CT molecular complexity index is 498. The summed E-state index contributed by atoms with van der Waals surface area (Å²) in [5.74, 6) is 0.812. The average Bonchev–Trinajstić information content (AvgIpc) is 2.97. The van der Waals surface area contributed by atoms with Gasteiger partial charge in [0.25, 0.3) is 0 Å². The summed E-state index contributed by atoms with van der Waals surface area (Å²) in [7, 11) is 0. The van der Waals surface area contributed by atoms with Crippen molar-refractivity contribution >= 4 is 23.1 Å². The van der Waals surface area contributed by atoms with Crippen molar-refractivity contribution in [2.45, 2.75) is 29.6 Å². The highest BCUT2D eigenvalue weighted by molar-refractivity contribution is 8.01. The third-order valence-electron chi connectivity index (χ3n) is 3.12. The summed E-state index contributed by atoms with van der Waals surface area (Å²) in [6.07, 6.45) is 0. The Hall–Kier alpha value is -0.810. The monoisotopic (exact) mass is 307 g/mol. The molecule has 0 saturated heterocycles. The first-order valence-corrected chi connectivity index (χ1v) is 8.63. The molecule has 0 aliphatic carbocycles. The van der Waals surface area contributed by atoms with E-state index in [0.717, 1.165) is 11.3 Å². The van der Waals surface area contributed by atoms with Crippen LogP contribution in [0.4, 0.5) is 0 Å². The highest BCUT2D eigenvalue weighted by Gasteiger charge is 2.32. The highest BCUT2D eigenvalue weighted by Crippen LogP contribution is 2.32. The Labute approximate surface area is 129 Å². The summed E-state index contributed by atoms with van der Waals surface area (Å²) in [5.41, 5.74) is 0.740. The lowest BCUT2D eigenvalue weighted by Gasteiger charge is -2.35. The van der Waals surface area contributed by atoms with Crippen LogP contribution in [0.2, 0.25) is 0 Å². The van der Waals surface area contributed by atoms with Crippen LogP contribution in [-0.4, -0.2) is 23.5 Å². The molecule has 2 N–H and O–H groups in total. The number of thioether (sulfide) groups is 1. The minimum Gasteiger partial charge on any atom is -0.394 e. The van der Waals surface area contributed by atoms with Gasteiger partial charge in [-0.3, -0.25) is 0 Å². The number of hydrogen-bond donors (Lipinski definition) is 2. The van der Waals surface area contributed by atoms with Gasteiger partial charge < -0.3 is 10.4 Å². The van der Waals surface area contributed by atoms with E-state index in [1.165, 1.54) is 4.21 Å². The molecule has 0 radical (unpaired) electrons. The summed E-state index contributed by atoms with van der Waals surface area (Å²) in [4.78, 5) is 0. The molecule has 0 saturated carbocycles. The second-order valence-corrected chi connectivity index (χ2v) is 7.35. The normalized spacial score (nSPS) is 14.4. The van der Waals surface area contributed by atoms with E-state index < -0.39 is 5.54 Å². The van der Waals surface area contributed by atoms with E-state index in [1.54, 1.807) is 23.1 Å². The van der Waals surface area contributed by atoms with Gasteiger partial charge >= 0.3 is 0 Å². The zero-order chi connectivity index (χ0) is 14.4. The molecule has 1 aromatic heterocycles. The van der Waals surface area contributed by atoms with E-state index in [0.29, 0.717) is 6.04 Å². The summed E-state index contributed by atoms with van der Waals surface area (Å²) in [6.45, 7) is 4.32. The van der Waals surface area contributed by atoms with Gasteiger partial charge in [0.1, 0.15) is 0 Å². The number of benzene rings is 1. The Kier molecular flexibility index (Phi) is 5.66. The van der Waals surface area contributed by atoms with E-state index in [1.807, 2.05) is 18.2 Å². The molecule has 0 aliphatic rings. The summed E-state index contributed by atoms with van der Waals surface area (Å²) in [6, 6.07) is 14.7. The Morgan fingerprint density at radius 3 is 2.50 bits per heavy atom. The van der Waals surface area contributed by atoms with Crippen LogP contribution >= 0.6 is 23.1 Å². The first kappa shape index (κ1) is 15.6. The summed E-state index contributed by atoms with van der Waals surface area (Å²) < 4.78 is 1.28. The van der Waals surface area contributed by atoms with Crippen molar-refractivity contribution in [2.24, 2.45) is 0 Å². The SMILES string of the molecule is CC(C)NC(CO)(CSc1cccs1)c1ccccc1. The maximum absolute atomic E-state index is 10.0. The molecule has 0 spiro atoms. The molecule has 0 amide bonds. The highest BCUT2D eigenvalue weighted by atomic mass is 32.2. The quantitative estimate of drug-likeness (QED) is 0.765. The zero-order valence-corrected chi connectivity index (χ0v) is 13.5. The number of aliphatic hydroxyl groups excluding tert-OH is 1. The lowest BCUT2D eigenvalue weighted by molar-refractivity contribution is 0.170. The molecule has 1 atom stereocenters. The van der Waals surface area contributed by atoms with Gasteiger partial charge in [-0.25, -0.2) is 0 Å². The molecule has 0 bridgehead atoms. The predicted octanol–water partition coefficient (Wildman–Crippen LogP) is 3.73.